The van der Waals surface area contributed by atoms with E-state index in [1.165, 1.54) is 16.7 Å². The maximum Gasteiger partial charge on any atom is 0.0788 e. The van der Waals surface area contributed by atoms with Gasteiger partial charge in [-0.2, -0.15) is 0 Å². The number of hydrogen-bond acceptors (Lipinski definition) is 2. The molecule has 108 valence electrons. The normalized spacial score (nSPS) is 14.7. The molecule has 1 aromatic carbocycles. The first-order valence-electron chi connectivity index (χ1n) is 7.34. The van der Waals surface area contributed by atoms with Crippen LogP contribution in [0.4, 0.5) is 0 Å². The third-order valence-electron chi connectivity index (χ3n) is 3.76. The van der Waals surface area contributed by atoms with Gasteiger partial charge in [-0.25, -0.2) is 0 Å². The Labute approximate surface area is 118 Å². The van der Waals surface area contributed by atoms with Crippen molar-refractivity contribution in [1.82, 2.24) is 5.32 Å². The van der Waals surface area contributed by atoms with Crippen LogP contribution in [0, 0.1) is 19.8 Å². The molecule has 0 heterocycles. The molecule has 1 rings (SSSR count). The fourth-order valence-electron chi connectivity index (χ4n) is 2.47. The van der Waals surface area contributed by atoms with Gasteiger partial charge in [0.25, 0.3) is 0 Å². The fourth-order valence-corrected chi connectivity index (χ4v) is 2.47. The minimum atomic E-state index is 0.202. The zero-order valence-corrected chi connectivity index (χ0v) is 13.3. The van der Waals surface area contributed by atoms with Crippen LogP contribution in [0.2, 0.25) is 0 Å². The summed E-state index contributed by atoms with van der Waals surface area (Å²) in [6, 6.07) is 6.99. The van der Waals surface area contributed by atoms with E-state index in [9.17, 15) is 0 Å². The van der Waals surface area contributed by atoms with Crippen molar-refractivity contribution in [2.45, 2.75) is 53.2 Å². The Hall–Kier alpha value is -0.860. The quantitative estimate of drug-likeness (QED) is 0.802. The Bertz CT molecular complexity index is 387. The summed E-state index contributed by atoms with van der Waals surface area (Å²) in [5, 5.41) is 3.64. The average molecular weight is 263 g/mol. The zero-order valence-electron chi connectivity index (χ0n) is 13.3. The average Bonchev–Trinajstić information content (AvgIpc) is 2.37. The summed E-state index contributed by atoms with van der Waals surface area (Å²) in [4.78, 5) is 0. The van der Waals surface area contributed by atoms with E-state index in [0.717, 1.165) is 13.0 Å². The molecule has 1 N–H and O–H groups in total. The Morgan fingerprint density at radius 2 is 1.84 bits per heavy atom. The number of benzene rings is 1. The van der Waals surface area contributed by atoms with E-state index in [-0.39, 0.29) is 12.1 Å². The number of nitrogens with one attached hydrogen (secondary N) is 1. The number of aryl methyl sites for hydroxylation is 2. The van der Waals surface area contributed by atoms with Crippen LogP contribution in [-0.2, 0) is 4.74 Å². The third-order valence-corrected chi connectivity index (χ3v) is 3.76. The highest BCUT2D eigenvalue weighted by Crippen LogP contribution is 2.26. The van der Waals surface area contributed by atoms with Gasteiger partial charge < -0.3 is 10.1 Å². The predicted octanol–water partition coefficient (Wildman–Crippen LogP) is 4.02. The summed E-state index contributed by atoms with van der Waals surface area (Å²) in [5.41, 5.74) is 4.02. The molecule has 0 spiro atoms. The summed E-state index contributed by atoms with van der Waals surface area (Å²) < 4.78 is 5.73. The van der Waals surface area contributed by atoms with Crippen molar-refractivity contribution in [1.29, 1.82) is 0 Å². The molecule has 2 unspecified atom stereocenters. The van der Waals surface area contributed by atoms with Crippen molar-refractivity contribution < 1.29 is 4.74 Å². The highest BCUT2D eigenvalue weighted by atomic mass is 16.5. The van der Waals surface area contributed by atoms with E-state index < -0.39 is 0 Å². The molecule has 0 amide bonds. The molecule has 0 aliphatic carbocycles. The highest BCUT2D eigenvalue weighted by Gasteiger charge is 2.25. The minimum Gasteiger partial charge on any atom is -0.379 e. The first kappa shape index (κ1) is 16.2. The predicted molar refractivity (Wildman–Crippen MR) is 82.6 cm³/mol. The zero-order chi connectivity index (χ0) is 14.4. The van der Waals surface area contributed by atoms with Crippen LogP contribution in [0.3, 0.4) is 0 Å². The summed E-state index contributed by atoms with van der Waals surface area (Å²) in [6.45, 7) is 12.0. The van der Waals surface area contributed by atoms with Gasteiger partial charge in [-0.05, 0) is 49.4 Å². The van der Waals surface area contributed by atoms with Crippen molar-refractivity contribution in [2.24, 2.45) is 5.92 Å². The maximum atomic E-state index is 5.73. The van der Waals surface area contributed by atoms with Crippen LogP contribution in [0.15, 0.2) is 18.2 Å². The van der Waals surface area contributed by atoms with E-state index in [1.807, 2.05) is 7.11 Å². The summed E-state index contributed by atoms with van der Waals surface area (Å²) >= 11 is 0. The maximum absolute atomic E-state index is 5.73. The molecule has 0 radical (unpaired) electrons. The molecule has 2 atom stereocenters. The van der Waals surface area contributed by atoms with E-state index in [0.29, 0.717) is 5.92 Å². The van der Waals surface area contributed by atoms with Gasteiger partial charge in [0.2, 0.25) is 0 Å². The standard InChI is InChI=1S/C17H29NO/c1-7-10-18-16(17(19-6)12(2)3)15-9-8-13(4)14(5)11-15/h8-9,11-12,16-18H,7,10H2,1-6H3. The van der Waals surface area contributed by atoms with Crippen molar-refractivity contribution in [3.05, 3.63) is 34.9 Å². The Morgan fingerprint density at radius 3 is 2.32 bits per heavy atom. The van der Waals surface area contributed by atoms with Crippen molar-refractivity contribution in [3.63, 3.8) is 0 Å². The molecule has 19 heavy (non-hydrogen) atoms. The fraction of sp³-hybridized carbons (Fsp3) is 0.647. The third kappa shape index (κ3) is 4.32. The Morgan fingerprint density at radius 1 is 1.16 bits per heavy atom. The summed E-state index contributed by atoms with van der Waals surface area (Å²) in [5.74, 6) is 0.487. The first-order valence-corrected chi connectivity index (χ1v) is 7.34. The molecule has 2 nitrogen and oxygen atoms in total. The molecule has 0 aliphatic heterocycles. The lowest BCUT2D eigenvalue weighted by atomic mass is 9.91. The lowest BCUT2D eigenvalue weighted by Crippen LogP contribution is -2.37. The number of methoxy groups -OCH3 is 1. The lowest BCUT2D eigenvalue weighted by Gasteiger charge is -2.30. The Kier molecular flexibility index (Phi) is 6.53. The molecular formula is C17H29NO. The first-order chi connectivity index (χ1) is 9.01. The molecule has 0 saturated carbocycles. The largest absolute Gasteiger partial charge is 0.379 e. The van der Waals surface area contributed by atoms with Gasteiger partial charge in [-0.3, -0.25) is 0 Å². The molecular weight excluding hydrogens is 234 g/mol. The van der Waals surface area contributed by atoms with Crippen molar-refractivity contribution >= 4 is 0 Å². The minimum absolute atomic E-state index is 0.202. The van der Waals surface area contributed by atoms with Crippen LogP contribution in [0.5, 0.6) is 0 Å². The second kappa shape index (κ2) is 7.66. The van der Waals surface area contributed by atoms with Gasteiger partial charge in [0.15, 0.2) is 0 Å². The topological polar surface area (TPSA) is 21.3 Å². The van der Waals surface area contributed by atoms with Gasteiger partial charge in [0.1, 0.15) is 0 Å². The van der Waals surface area contributed by atoms with E-state index >= 15 is 0 Å². The number of rotatable bonds is 7. The molecule has 0 fully saturated rings. The number of ether oxygens (including phenoxy) is 1. The van der Waals surface area contributed by atoms with Crippen LogP contribution in [0.1, 0.15) is 49.9 Å². The summed E-state index contributed by atoms with van der Waals surface area (Å²) in [7, 11) is 1.81. The summed E-state index contributed by atoms with van der Waals surface area (Å²) in [6.07, 6.45) is 1.34. The van der Waals surface area contributed by atoms with E-state index in [4.69, 9.17) is 4.74 Å². The molecule has 1 aromatic rings. The van der Waals surface area contributed by atoms with E-state index in [1.54, 1.807) is 0 Å². The molecule has 0 aromatic heterocycles. The highest BCUT2D eigenvalue weighted by molar-refractivity contribution is 5.32. The number of hydrogen-bond donors (Lipinski definition) is 1. The van der Waals surface area contributed by atoms with Crippen molar-refractivity contribution in [2.75, 3.05) is 13.7 Å². The SMILES string of the molecule is CCCNC(c1ccc(C)c(C)c1)C(OC)C(C)C. The van der Waals surface area contributed by atoms with Crippen LogP contribution >= 0.6 is 0 Å². The Balaban J connectivity index is 3.03. The molecule has 0 aliphatic rings. The van der Waals surface area contributed by atoms with Crippen LogP contribution in [-0.4, -0.2) is 19.8 Å². The van der Waals surface area contributed by atoms with Gasteiger partial charge in [0.05, 0.1) is 12.1 Å². The van der Waals surface area contributed by atoms with Gasteiger partial charge >= 0.3 is 0 Å². The van der Waals surface area contributed by atoms with Gasteiger partial charge in [-0.1, -0.05) is 39.0 Å². The molecule has 2 heteroatoms. The van der Waals surface area contributed by atoms with Crippen molar-refractivity contribution in [3.8, 4) is 0 Å². The second-order valence-corrected chi connectivity index (χ2v) is 5.72. The monoisotopic (exact) mass is 263 g/mol. The lowest BCUT2D eigenvalue weighted by molar-refractivity contribution is 0.0326. The van der Waals surface area contributed by atoms with Gasteiger partial charge in [0, 0.05) is 7.11 Å². The molecule has 0 saturated heterocycles. The molecule has 0 bridgehead atoms. The van der Waals surface area contributed by atoms with Gasteiger partial charge in [-0.15, -0.1) is 0 Å². The van der Waals surface area contributed by atoms with Crippen LogP contribution < -0.4 is 5.32 Å². The van der Waals surface area contributed by atoms with E-state index in [2.05, 4.69) is 58.1 Å². The second-order valence-electron chi connectivity index (χ2n) is 5.72. The van der Waals surface area contributed by atoms with Crippen LogP contribution in [0.25, 0.3) is 0 Å². The smallest absolute Gasteiger partial charge is 0.0788 e.